The lowest BCUT2D eigenvalue weighted by Gasteiger charge is -2.41. The van der Waals surface area contributed by atoms with Crippen molar-refractivity contribution in [2.24, 2.45) is 17.3 Å². The first-order chi connectivity index (χ1) is 9.47. The van der Waals surface area contributed by atoms with Gasteiger partial charge in [0.05, 0.1) is 0 Å². The summed E-state index contributed by atoms with van der Waals surface area (Å²) in [6.07, 6.45) is 3.66. The molecule has 1 N–H and O–H groups in total. The number of rotatable bonds is 9. The van der Waals surface area contributed by atoms with E-state index in [1.807, 2.05) is 0 Å². The second-order valence-corrected chi connectivity index (χ2v) is 7.35. The first-order valence-electron chi connectivity index (χ1n) is 8.44. The molecule has 1 saturated heterocycles. The zero-order valence-corrected chi connectivity index (χ0v) is 14.4. The third-order valence-corrected chi connectivity index (χ3v) is 4.53. The van der Waals surface area contributed by atoms with Crippen LogP contribution < -0.4 is 5.32 Å². The monoisotopic (exact) mass is 284 g/mol. The van der Waals surface area contributed by atoms with Gasteiger partial charge in [-0.1, -0.05) is 34.1 Å². The summed E-state index contributed by atoms with van der Waals surface area (Å²) in [4.78, 5) is 2.54. The Morgan fingerprint density at radius 1 is 1.20 bits per heavy atom. The largest absolute Gasteiger partial charge is 0.381 e. The molecular formula is C17H36N2O. The predicted molar refractivity (Wildman–Crippen MR) is 87.1 cm³/mol. The number of hydrogen-bond donors (Lipinski definition) is 1. The summed E-state index contributed by atoms with van der Waals surface area (Å²) in [7, 11) is 2.28. The van der Waals surface area contributed by atoms with E-state index < -0.39 is 0 Å². The van der Waals surface area contributed by atoms with Crippen LogP contribution in [-0.4, -0.2) is 51.3 Å². The van der Waals surface area contributed by atoms with Gasteiger partial charge in [-0.25, -0.2) is 0 Å². The molecule has 20 heavy (non-hydrogen) atoms. The zero-order chi connectivity index (χ0) is 15.0. The molecule has 0 bridgehead atoms. The molecular weight excluding hydrogens is 248 g/mol. The summed E-state index contributed by atoms with van der Waals surface area (Å²) in [6, 6.07) is 0. The van der Waals surface area contributed by atoms with Crippen LogP contribution in [0.4, 0.5) is 0 Å². The van der Waals surface area contributed by atoms with Crippen molar-refractivity contribution in [1.82, 2.24) is 10.2 Å². The molecule has 0 aromatic heterocycles. The highest BCUT2D eigenvalue weighted by Gasteiger charge is 2.33. The van der Waals surface area contributed by atoms with Crippen LogP contribution >= 0.6 is 0 Å². The summed E-state index contributed by atoms with van der Waals surface area (Å²) in [6.45, 7) is 15.7. The summed E-state index contributed by atoms with van der Waals surface area (Å²) in [5.74, 6) is 1.52. The van der Waals surface area contributed by atoms with Crippen molar-refractivity contribution >= 4 is 0 Å². The summed E-state index contributed by atoms with van der Waals surface area (Å²) >= 11 is 0. The molecule has 1 aliphatic heterocycles. The molecule has 0 spiro atoms. The molecule has 1 aliphatic rings. The second kappa shape index (κ2) is 9.01. The van der Waals surface area contributed by atoms with Crippen LogP contribution in [-0.2, 0) is 4.74 Å². The van der Waals surface area contributed by atoms with E-state index in [0.717, 1.165) is 38.1 Å². The van der Waals surface area contributed by atoms with E-state index in [1.165, 1.54) is 32.4 Å². The average molecular weight is 284 g/mol. The van der Waals surface area contributed by atoms with E-state index in [0.29, 0.717) is 5.41 Å². The fourth-order valence-corrected chi connectivity index (χ4v) is 3.12. The van der Waals surface area contributed by atoms with Crippen LogP contribution in [0.25, 0.3) is 0 Å². The van der Waals surface area contributed by atoms with Crippen molar-refractivity contribution in [3.05, 3.63) is 0 Å². The van der Waals surface area contributed by atoms with Gasteiger partial charge in [0.25, 0.3) is 0 Å². The number of hydrogen-bond acceptors (Lipinski definition) is 3. The Labute approximate surface area is 126 Å². The fourth-order valence-electron chi connectivity index (χ4n) is 3.12. The minimum atomic E-state index is 0.412. The van der Waals surface area contributed by atoms with Gasteiger partial charge in [-0.15, -0.1) is 0 Å². The molecule has 0 amide bonds. The highest BCUT2D eigenvalue weighted by molar-refractivity contribution is 4.87. The summed E-state index contributed by atoms with van der Waals surface area (Å²) < 4.78 is 5.59. The van der Waals surface area contributed by atoms with Crippen molar-refractivity contribution in [2.75, 3.05) is 46.4 Å². The number of ether oxygens (including phenoxy) is 1. The van der Waals surface area contributed by atoms with Crippen LogP contribution in [0.1, 0.15) is 47.0 Å². The highest BCUT2D eigenvalue weighted by Crippen LogP contribution is 2.31. The SMILES string of the molecule is CCC(C)CN(C)CC1(CNCC(C)C)CCOCC1. The maximum atomic E-state index is 5.59. The molecule has 1 fully saturated rings. The summed E-state index contributed by atoms with van der Waals surface area (Å²) in [5.41, 5.74) is 0.412. The lowest BCUT2D eigenvalue weighted by molar-refractivity contribution is -0.00239. The highest BCUT2D eigenvalue weighted by atomic mass is 16.5. The van der Waals surface area contributed by atoms with Gasteiger partial charge in [0, 0.05) is 32.8 Å². The molecule has 0 radical (unpaired) electrons. The molecule has 1 unspecified atom stereocenters. The molecule has 3 nitrogen and oxygen atoms in total. The Morgan fingerprint density at radius 2 is 1.85 bits per heavy atom. The van der Waals surface area contributed by atoms with E-state index in [1.54, 1.807) is 0 Å². The lowest BCUT2D eigenvalue weighted by Crippen LogP contribution is -2.47. The smallest absolute Gasteiger partial charge is 0.0472 e. The first-order valence-corrected chi connectivity index (χ1v) is 8.44. The summed E-state index contributed by atoms with van der Waals surface area (Å²) in [5, 5.41) is 3.69. The molecule has 120 valence electrons. The van der Waals surface area contributed by atoms with E-state index in [9.17, 15) is 0 Å². The molecule has 0 aromatic rings. The fraction of sp³-hybridized carbons (Fsp3) is 1.00. The van der Waals surface area contributed by atoms with E-state index in [4.69, 9.17) is 4.74 Å². The second-order valence-electron chi connectivity index (χ2n) is 7.35. The van der Waals surface area contributed by atoms with Crippen molar-refractivity contribution in [2.45, 2.75) is 47.0 Å². The van der Waals surface area contributed by atoms with Crippen molar-refractivity contribution in [1.29, 1.82) is 0 Å². The minimum Gasteiger partial charge on any atom is -0.381 e. The minimum absolute atomic E-state index is 0.412. The van der Waals surface area contributed by atoms with Crippen molar-refractivity contribution in [3.63, 3.8) is 0 Å². The number of nitrogens with zero attached hydrogens (tertiary/aromatic N) is 1. The first kappa shape index (κ1) is 17.9. The van der Waals surface area contributed by atoms with Gasteiger partial charge < -0.3 is 15.0 Å². The van der Waals surface area contributed by atoms with Crippen LogP contribution in [0.5, 0.6) is 0 Å². The third-order valence-electron chi connectivity index (χ3n) is 4.53. The standard InChI is InChI=1S/C17H36N2O/c1-6-16(4)12-19(5)14-17(7-9-20-10-8-17)13-18-11-15(2)3/h15-16,18H,6-14H2,1-5H3. The Bertz CT molecular complexity index is 249. The van der Waals surface area contributed by atoms with E-state index in [2.05, 4.69) is 45.0 Å². The normalized spacial score (nSPS) is 20.6. The topological polar surface area (TPSA) is 24.5 Å². The molecule has 3 heteroatoms. The van der Waals surface area contributed by atoms with Crippen molar-refractivity contribution < 1.29 is 4.74 Å². The van der Waals surface area contributed by atoms with E-state index >= 15 is 0 Å². The molecule has 0 saturated carbocycles. The Hall–Kier alpha value is -0.120. The lowest BCUT2D eigenvalue weighted by atomic mass is 9.79. The molecule has 0 aromatic carbocycles. The van der Waals surface area contributed by atoms with E-state index in [-0.39, 0.29) is 0 Å². The maximum absolute atomic E-state index is 5.59. The van der Waals surface area contributed by atoms with Gasteiger partial charge in [-0.2, -0.15) is 0 Å². The molecule has 1 rings (SSSR count). The maximum Gasteiger partial charge on any atom is 0.0472 e. The van der Waals surface area contributed by atoms with Crippen LogP contribution in [0.15, 0.2) is 0 Å². The van der Waals surface area contributed by atoms with Gasteiger partial charge >= 0.3 is 0 Å². The molecule has 0 aliphatic carbocycles. The van der Waals surface area contributed by atoms with Gasteiger partial charge in [0.2, 0.25) is 0 Å². The van der Waals surface area contributed by atoms with Crippen LogP contribution in [0.3, 0.4) is 0 Å². The zero-order valence-electron chi connectivity index (χ0n) is 14.4. The third kappa shape index (κ3) is 6.55. The van der Waals surface area contributed by atoms with Gasteiger partial charge in [-0.05, 0) is 43.7 Å². The Morgan fingerprint density at radius 3 is 2.40 bits per heavy atom. The Kier molecular flexibility index (Phi) is 8.08. The predicted octanol–water partition coefficient (Wildman–Crippen LogP) is 3.01. The van der Waals surface area contributed by atoms with Gasteiger partial charge in [-0.3, -0.25) is 0 Å². The van der Waals surface area contributed by atoms with Crippen LogP contribution in [0, 0.1) is 17.3 Å². The quantitative estimate of drug-likeness (QED) is 0.704. The molecule has 1 atom stereocenters. The van der Waals surface area contributed by atoms with Crippen LogP contribution in [0.2, 0.25) is 0 Å². The Balaban J connectivity index is 2.49. The molecule has 1 heterocycles. The average Bonchev–Trinajstić information content (AvgIpc) is 2.38. The number of nitrogens with one attached hydrogen (secondary N) is 1. The van der Waals surface area contributed by atoms with Gasteiger partial charge in [0.15, 0.2) is 0 Å². The van der Waals surface area contributed by atoms with Gasteiger partial charge in [0.1, 0.15) is 0 Å². The van der Waals surface area contributed by atoms with Crippen molar-refractivity contribution in [3.8, 4) is 0 Å².